The Kier molecular flexibility index (Phi) is 4.77. The van der Waals surface area contributed by atoms with Crippen molar-refractivity contribution < 1.29 is 18.3 Å². The van der Waals surface area contributed by atoms with Crippen molar-refractivity contribution in [3.8, 4) is 11.4 Å². The normalized spacial score (nSPS) is 16.0. The minimum atomic E-state index is -0.467. The maximum Gasteiger partial charge on any atom is 0.291 e. The minimum absolute atomic E-state index is 0.00931. The van der Waals surface area contributed by atoms with Gasteiger partial charge in [-0.2, -0.15) is 0 Å². The van der Waals surface area contributed by atoms with Gasteiger partial charge in [0.1, 0.15) is 23.2 Å². The first kappa shape index (κ1) is 18.1. The summed E-state index contributed by atoms with van der Waals surface area (Å²) in [7, 11) is 0. The van der Waals surface area contributed by atoms with Crippen LogP contribution in [0.4, 0.5) is 8.78 Å². The van der Waals surface area contributed by atoms with Gasteiger partial charge in [-0.15, -0.1) is 5.10 Å². The molecule has 0 radical (unpaired) electrons. The average Bonchev–Trinajstić information content (AvgIpc) is 2.96. The predicted octanol–water partition coefficient (Wildman–Crippen LogP) is 3.50. The van der Waals surface area contributed by atoms with Gasteiger partial charge in [0.25, 0.3) is 5.91 Å². The molecule has 0 bridgehead atoms. The van der Waals surface area contributed by atoms with Gasteiger partial charge in [-0.3, -0.25) is 4.79 Å². The Labute approximate surface area is 160 Å². The lowest BCUT2D eigenvalue weighted by Crippen LogP contribution is -2.29. The second-order valence-corrected chi connectivity index (χ2v) is 6.57. The van der Waals surface area contributed by atoms with Crippen LogP contribution >= 0.6 is 0 Å². The van der Waals surface area contributed by atoms with E-state index in [1.165, 1.54) is 28.9 Å². The van der Waals surface area contributed by atoms with Crippen LogP contribution in [0.3, 0.4) is 0 Å². The molecule has 144 valence electrons. The lowest BCUT2D eigenvalue weighted by atomic mass is 10.0. The zero-order valence-corrected chi connectivity index (χ0v) is 15.2. The van der Waals surface area contributed by atoms with Crippen LogP contribution < -0.4 is 10.1 Å². The van der Waals surface area contributed by atoms with Gasteiger partial charge >= 0.3 is 0 Å². The quantitative estimate of drug-likeness (QED) is 0.751. The summed E-state index contributed by atoms with van der Waals surface area (Å²) in [5.41, 5.74) is 1.20. The number of carbonyl (C=O) groups excluding carboxylic acids is 1. The van der Waals surface area contributed by atoms with Crippen LogP contribution in [-0.4, -0.2) is 27.3 Å². The molecule has 1 amide bonds. The maximum atomic E-state index is 13.7. The van der Waals surface area contributed by atoms with Crippen molar-refractivity contribution in [2.24, 2.45) is 0 Å². The van der Waals surface area contributed by atoms with Gasteiger partial charge < -0.3 is 10.1 Å². The van der Waals surface area contributed by atoms with Crippen molar-refractivity contribution in [2.75, 3.05) is 6.61 Å². The second-order valence-electron chi connectivity index (χ2n) is 6.57. The predicted molar refractivity (Wildman–Crippen MR) is 97.4 cm³/mol. The van der Waals surface area contributed by atoms with Crippen molar-refractivity contribution in [1.29, 1.82) is 0 Å². The number of aryl methyl sites for hydroxylation is 1. The molecule has 3 aromatic rings. The van der Waals surface area contributed by atoms with Crippen LogP contribution in [0.5, 0.6) is 5.75 Å². The van der Waals surface area contributed by atoms with E-state index in [2.05, 4.69) is 15.4 Å². The summed E-state index contributed by atoms with van der Waals surface area (Å²) in [4.78, 5) is 16.9. The van der Waals surface area contributed by atoms with Crippen molar-refractivity contribution in [3.05, 3.63) is 71.3 Å². The third-order valence-electron chi connectivity index (χ3n) is 4.59. The average molecular weight is 384 g/mol. The lowest BCUT2D eigenvalue weighted by Gasteiger charge is -2.17. The monoisotopic (exact) mass is 384 g/mol. The van der Waals surface area contributed by atoms with E-state index < -0.39 is 17.8 Å². The van der Waals surface area contributed by atoms with E-state index in [-0.39, 0.29) is 11.6 Å². The molecule has 1 aromatic heterocycles. The smallest absolute Gasteiger partial charge is 0.291 e. The van der Waals surface area contributed by atoms with E-state index in [0.29, 0.717) is 35.9 Å². The molecule has 6 nitrogen and oxygen atoms in total. The molecule has 28 heavy (non-hydrogen) atoms. The Morgan fingerprint density at radius 1 is 1.18 bits per heavy atom. The van der Waals surface area contributed by atoms with Crippen LogP contribution in [0.1, 0.15) is 40.9 Å². The van der Waals surface area contributed by atoms with E-state index in [1.807, 2.05) is 0 Å². The number of nitrogens with one attached hydrogen (secondary N) is 1. The Morgan fingerprint density at radius 2 is 1.93 bits per heavy atom. The van der Waals surface area contributed by atoms with Gasteiger partial charge in [0, 0.05) is 5.56 Å². The van der Waals surface area contributed by atoms with Gasteiger partial charge in [0.15, 0.2) is 0 Å². The van der Waals surface area contributed by atoms with E-state index in [1.54, 1.807) is 25.1 Å². The molecule has 4 rings (SSSR count). The largest absolute Gasteiger partial charge is 0.493 e. The summed E-state index contributed by atoms with van der Waals surface area (Å²) in [6.45, 7) is 2.21. The standard InChI is InChI=1S/C20H18F2N4O2/c1-12-23-19(25-26(12)15-7-4-13(21)5-8-15)20(27)24-17-3-2-10-28-18-9-6-14(22)11-16(17)18/h4-9,11,17H,2-3,10H2,1H3,(H,24,27)/t17-/m1/s1. The number of benzene rings is 2. The van der Waals surface area contributed by atoms with Gasteiger partial charge in [0.05, 0.1) is 18.3 Å². The van der Waals surface area contributed by atoms with Gasteiger partial charge in [0.2, 0.25) is 5.82 Å². The molecule has 0 saturated heterocycles. The zero-order chi connectivity index (χ0) is 19.7. The highest BCUT2D eigenvalue weighted by atomic mass is 19.1. The molecular weight excluding hydrogens is 366 g/mol. The zero-order valence-electron chi connectivity index (χ0n) is 15.2. The van der Waals surface area contributed by atoms with Crippen molar-refractivity contribution in [2.45, 2.75) is 25.8 Å². The van der Waals surface area contributed by atoms with Crippen molar-refractivity contribution in [3.63, 3.8) is 0 Å². The fourth-order valence-electron chi connectivity index (χ4n) is 3.23. The second kappa shape index (κ2) is 7.38. The first-order valence-corrected chi connectivity index (χ1v) is 8.94. The molecule has 0 spiro atoms. The van der Waals surface area contributed by atoms with Crippen LogP contribution in [0, 0.1) is 18.6 Å². The fraction of sp³-hybridized carbons (Fsp3) is 0.250. The highest BCUT2D eigenvalue weighted by molar-refractivity contribution is 5.90. The van der Waals surface area contributed by atoms with Crippen LogP contribution in [0.25, 0.3) is 5.69 Å². The van der Waals surface area contributed by atoms with Crippen LogP contribution in [0.15, 0.2) is 42.5 Å². The molecule has 0 unspecified atom stereocenters. The van der Waals surface area contributed by atoms with E-state index in [0.717, 1.165) is 6.42 Å². The van der Waals surface area contributed by atoms with Crippen LogP contribution in [-0.2, 0) is 0 Å². The third kappa shape index (κ3) is 3.58. The Balaban J connectivity index is 1.59. The molecule has 2 aromatic carbocycles. The van der Waals surface area contributed by atoms with Gasteiger partial charge in [-0.25, -0.2) is 18.4 Å². The number of halogens is 2. The maximum absolute atomic E-state index is 13.7. The minimum Gasteiger partial charge on any atom is -0.493 e. The number of nitrogens with zero attached hydrogens (tertiary/aromatic N) is 3. The SMILES string of the molecule is Cc1nc(C(=O)N[C@@H]2CCCOc3ccc(F)cc32)nn1-c1ccc(F)cc1. The van der Waals surface area contributed by atoms with Crippen molar-refractivity contribution >= 4 is 5.91 Å². The number of rotatable bonds is 3. The number of amides is 1. The summed E-state index contributed by atoms with van der Waals surface area (Å²) in [5, 5.41) is 7.11. The number of aromatic nitrogens is 3. The molecule has 2 heterocycles. The first-order chi connectivity index (χ1) is 13.5. The summed E-state index contributed by atoms with van der Waals surface area (Å²) in [6.07, 6.45) is 1.33. The van der Waals surface area contributed by atoms with Gasteiger partial charge in [-0.1, -0.05) is 0 Å². The molecular formula is C20H18F2N4O2. The highest BCUT2D eigenvalue weighted by Crippen LogP contribution is 2.32. The Morgan fingerprint density at radius 3 is 2.71 bits per heavy atom. The highest BCUT2D eigenvalue weighted by Gasteiger charge is 2.24. The Hall–Kier alpha value is -3.29. The lowest BCUT2D eigenvalue weighted by molar-refractivity contribution is 0.0924. The number of hydrogen-bond acceptors (Lipinski definition) is 4. The Bertz CT molecular complexity index is 1020. The summed E-state index contributed by atoms with van der Waals surface area (Å²) in [5.74, 6) is -0.173. The molecule has 1 aliphatic heterocycles. The summed E-state index contributed by atoms with van der Waals surface area (Å²) in [6, 6.07) is 9.61. The molecule has 8 heteroatoms. The summed E-state index contributed by atoms with van der Waals surface area (Å²) >= 11 is 0. The topological polar surface area (TPSA) is 69.0 Å². The van der Waals surface area contributed by atoms with E-state index in [4.69, 9.17) is 4.74 Å². The molecule has 1 N–H and O–H groups in total. The number of ether oxygens (including phenoxy) is 1. The molecule has 0 aliphatic carbocycles. The first-order valence-electron chi connectivity index (χ1n) is 8.94. The fourth-order valence-corrected chi connectivity index (χ4v) is 3.23. The molecule has 1 aliphatic rings. The molecule has 0 fully saturated rings. The van der Waals surface area contributed by atoms with Crippen molar-refractivity contribution in [1.82, 2.24) is 20.1 Å². The van der Waals surface area contributed by atoms with E-state index >= 15 is 0 Å². The number of hydrogen-bond donors (Lipinski definition) is 1. The van der Waals surface area contributed by atoms with Crippen LogP contribution in [0.2, 0.25) is 0 Å². The molecule has 0 saturated carbocycles. The van der Waals surface area contributed by atoms with E-state index in [9.17, 15) is 13.6 Å². The third-order valence-corrected chi connectivity index (χ3v) is 4.59. The number of carbonyl (C=O) groups is 1. The molecule has 1 atom stereocenters. The van der Waals surface area contributed by atoms with Gasteiger partial charge in [-0.05, 0) is 62.2 Å². The number of fused-ring (bicyclic) bond motifs is 1. The summed E-state index contributed by atoms with van der Waals surface area (Å²) < 4.78 is 33.9.